The van der Waals surface area contributed by atoms with Crippen LogP contribution < -0.4 is 0 Å². The molecule has 4 nitrogen and oxygen atoms in total. The van der Waals surface area contributed by atoms with Crippen molar-refractivity contribution in [2.45, 2.75) is 18.2 Å². The smallest absolute Gasteiger partial charge is 0.259 e. The van der Waals surface area contributed by atoms with Crippen molar-refractivity contribution in [2.75, 3.05) is 0 Å². The summed E-state index contributed by atoms with van der Waals surface area (Å²) in [6, 6.07) is 23.6. The molecule has 0 spiro atoms. The fourth-order valence-electron chi connectivity index (χ4n) is 3.64. The molecule has 0 aliphatic carbocycles. The fraction of sp³-hybridized carbons (Fsp3) is 0.125. The molecule has 2 heterocycles. The molecule has 0 fully saturated rings. The number of carbonyl (C=O) groups is 1. The highest BCUT2D eigenvalue weighted by Gasteiger charge is 2.41. The topological polar surface area (TPSA) is 45.0 Å². The molecule has 1 amide bonds. The molecule has 0 aromatic heterocycles. The van der Waals surface area contributed by atoms with Crippen LogP contribution in [0, 0.1) is 5.82 Å². The molecule has 3 aromatic carbocycles. The van der Waals surface area contributed by atoms with Crippen LogP contribution >= 0.6 is 11.8 Å². The van der Waals surface area contributed by atoms with Gasteiger partial charge in [0.15, 0.2) is 5.17 Å². The van der Waals surface area contributed by atoms with Crippen molar-refractivity contribution in [2.24, 2.45) is 9.98 Å². The van der Waals surface area contributed by atoms with E-state index in [1.54, 1.807) is 11.0 Å². The third-order valence-electron chi connectivity index (χ3n) is 5.08. The lowest BCUT2D eigenvalue weighted by atomic mass is 10.1. The highest BCUT2D eigenvalue weighted by Crippen LogP contribution is 2.34. The number of hydrogen-bond acceptors (Lipinski definition) is 4. The van der Waals surface area contributed by atoms with Crippen LogP contribution in [0.1, 0.15) is 16.7 Å². The molecule has 1 unspecified atom stereocenters. The number of fused-ring (bicyclic) bond motifs is 3. The summed E-state index contributed by atoms with van der Waals surface area (Å²) in [6.45, 7) is 0. The summed E-state index contributed by atoms with van der Waals surface area (Å²) in [5, 5.41) is 0.581. The Morgan fingerprint density at radius 3 is 2.53 bits per heavy atom. The fourth-order valence-corrected chi connectivity index (χ4v) is 4.59. The molecule has 1 atom stereocenters. The number of amidine groups is 2. The van der Waals surface area contributed by atoms with Crippen molar-refractivity contribution < 1.29 is 9.18 Å². The summed E-state index contributed by atoms with van der Waals surface area (Å²) in [7, 11) is 0. The molecule has 0 saturated carbocycles. The number of rotatable bonds is 4. The van der Waals surface area contributed by atoms with E-state index < -0.39 is 6.04 Å². The largest absolute Gasteiger partial charge is 0.271 e. The summed E-state index contributed by atoms with van der Waals surface area (Å²) in [4.78, 5) is 24.4. The first-order chi connectivity index (χ1) is 14.7. The second kappa shape index (κ2) is 7.88. The maximum absolute atomic E-state index is 13.5. The van der Waals surface area contributed by atoms with Gasteiger partial charge in [0.25, 0.3) is 5.91 Å². The number of para-hydroxylation sites is 1. The minimum Gasteiger partial charge on any atom is -0.271 e. The number of aliphatic imine (C=N–C) groups is 2. The minimum absolute atomic E-state index is 0.0751. The monoisotopic (exact) mass is 415 g/mol. The van der Waals surface area contributed by atoms with Crippen LogP contribution in [0.25, 0.3) is 0 Å². The van der Waals surface area contributed by atoms with Crippen LogP contribution in [0.15, 0.2) is 88.8 Å². The Hall–Kier alpha value is -3.25. The van der Waals surface area contributed by atoms with Crippen molar-refractivity contribution in [1.29, 1.82) is 0 Å². The molecular formula is C24H18FN3OS. The van der Waals surface area contributed by atoms with Crippen LogP contribution in [0.5, 0.6) is 0 Å². The summed E-state index contributed by atoms with van der Waals surface area (Å²) in [6.07, 6.45) is 0.545. The molecule has 2 aliphatic heterocycles. The van der Waals surface area contributed by atoms with Crippen LogP contribution in [0.3, 0.4) is 0 Å². The molecule has 30 heavy (non-hydrogen) atoms. The number of nitrogens with zero attached hydrogens (tertiary/aromatic N) is 3. The summed E-state index contributed by atoms with van der Waals surface area (Å²) < 4.78 is 13.5. The van der Waals surface area contributed by atoms with E-state index in [2.05, 4.69) is 0 Å². The summed E-state index contributed by atoms with van der Waals surface area (Å²) >= 11 is 1.42. The highest BCUT2D eigenvalue weighted by atomic mass is 32.2. The van der Waals surface area contributed by atoms with E-state index in [1.165, 1.54) is 23.9 Å². The Kier molecular flexibility index (Phi) is 4.93. The Balaban J connectivity index is 1.46. The molecule has 3 aromatic rings. The van der Waals surface area contributed by atoms with Crippen LogP contribution in [0.2, 0.25) is 0 Å². The predicted molar refractivity (Wildman–Crippen MR) is 119 cm³/mol. The van der Waals surface area contributed by atoms with Gasteiger partial charge in [-0.2, -0.15) is 0 Å². The standard InChI is InChI=1S/C24H18FN3OS/c25-18-10-6-9-17(13-18)15-30-24-27-20-12-5-4-11-19(20)22-26-21(23(29)28(22)24)14-16-7-2-1-3-8-16/h1-13,21H,14-15H2. The molecule has 5 rings (SSSR count). The van der Waals surface area contributed by atoms with Gasteiger partial charge in [-0.15, -0.1) is 0 Å². The zero-order valence-corrected chi connectivity index (χ0v) is 16.8. The van der Waals surface area contributed by atoms with E-state index >= 15 is 0 Å². The number of benzene rings is 3. The minimum atomic E-state index is -0.478. The van der Waals surface area contributed by atoms with Crippen molar-refractivity contribution in [1.82, 2.24) is 4.90 Å². The normalized spacial score (nSPS) is 17.3. The lowest BCUT2D eigenvalue weighted by Crippen LogP contribution is -2.41. The van der Waals surface area contributed by atoms with Gasteiger partial charge in [-0.1, -0.05) is 66.4 Å². The SMILES string of the molecule is O=C1C(Cc2ccccc2)N=C2c3ccccc3N=C(SCc3cccc(F)c3)N12. The van der Waals surface area contributed by atoms with Crippen LogP contribution in [-0.4, -0.2) is 27.9 Å². The molecule has 0 N–H and O–H groups in total. The van der Waals surface area contributed by atoms with Gasteiger partial charge in [0.1, 0.15) is 17.7 Å². The third-order valence-corrected chi connectivity index (χ3v) is 6.09. The third kappa shape index (κ3) is 3.55. The first-order valence-corrected chi connectivity index (χ1v) is 10.7. The number of thioether (sulfide) groups is 1. The molecule has 6 heteroatoms. The number of hydrogen-bond donors (Lipinski definition) is 0. The van der Waals surface area contributed by atoms with E-state index in [9.17, 15) is 9.18 Å². The lowest BCUT2D eigenvalue weighted by Gasteiger charge is -2.25. The number of carbonyl (C=O) groups excluding carboxylic acids is 1. The van der Waals surface area contributed by atoms with Crippen molar-refractivity contribution >= 4 is 34.4 Å². The van der Waals surface area contributed by atoms with E-state index in [1.807, 2.05) is 60.7 Å². The van der Waals surface area contributed by atoms with Gasteiger partial charge < -0.3 is 0 Å². The van der Waals surface area contributed by atoms with E-state index in [-0.39, 0.29) is 11.7 Å². The summed E-state index contributed by atoms with van der Waals surface area (Å²) in [5.41, 5.74) is 3.56. The zero-order chi connectivity index (χ0) is 20.5. The molecular weight excluding hydrogens is 397 g/mol. The maximum atomic E-state index is 13.5. The van der Waals surface area contributed by atoms with E-state index in [4.69, 9.17) is 9.98 Å². The van der Waals surface area contributed by atoms with Crippen molar-refractivity contribution in [3.8, 4) is 0 Å². The van der Waals surface area contributed by atoms with Gasteiger partial charge in [-0.05, 0) is 35.4 Å². The molecule has 2 aliphatic rings. The Labute approximate surface area is 178 Å². The predicted octanol–water partition coefficient (Wildman–Crippen LogP) is 4.96. The Morgan fingerprint density at radius 2 is 1.70 bits per heavy atom. The molecule has 0 radical (unpaired) electrons. The van der Waals surface area contributed by atoms with E-state index in [0.29, 0.717) is 23.2 Å². The van der Waals surface area contributed by atoms with Gasteiger partial charge in [-0.25, -0.2) is 14.3 Å². The van der Waals surface area contributed by atoms with E-state index in [0.717, 1.165) is 22.4 Å². The number of halogens is 1. The molecule has 0 bridgehead atoms. The lowest BCUT2D eigenvalue weighted by molar-refractivity contribution is -0.124. The zero-order valence-electron chi connectivity index (χ0n) is 16.0. The van der Waals surface area contributed by atoms with Crippen LogP contribution in [0.4, 0.5) is 10.1 Å². The van der Waals surface area contributed by atoms with Gasteiger partial charge in [0.2, 0.25) is 0 Å². The highest BCUT2D eigenvalue weighted by molar-refractivity contribution is 8.13. The van der Waals surface area contributed by atoms with Crippen molar-refractivity contribution in [3.05, 3.63) is 101 Å². The molecule has 0 saturated heterocycles. The Morgan fingerprint density at radius 1 is 0.933 bits per heavy atom. The average Bonchev–Trinajstić information content (AvgIpc) is 3.09. The maximum Gasteiger partial charge on any atom is 0.259 e. The van der Waals surface area contributed by atoms with Crippen LogP contribution in [-0.2, 0) is 17.0 Å². The van der Waals surface area contributed by atoms with Gasteiger partial charge in [-0.3, -0.25) is 9.79 Å². The summed E-state index contributed by atoms with van der Waals surface area (Å²) in [5.74, 6) is 0.813. The second-order valence-corrected chi connectivity index (χ2v) is 8.10. The van der Waals surface area contributed by atoms with Crippen molar-refractivity contribution in [3.63, 3.8) is 0 Å². The van der Waals surface area contributed by atoms with Gasteiger partial charge in [0, 0.05) is 17.7 Å². The van der Waals surface area contributed by atoms with Gasteiger partial charge in [0.05, 0.1) is 5.69 Å². The van der Waals surface area contributed by atoms with Gasteiger partial charge >= 0.3 is 0 Å². The number of amides is 1. The molecule has 148 valence electrons. The first kappa shape index (κ1) is 18.8. The Bertz CT molecular complexity index is 1180. The quantitative estimate of drug-likeness (QED) is 0.605. The second-order valence-electron chi connectivity index (χ2n) is 7.16. The average molecular weight is 415 g/mol. The first-order valence-electron chi connectivity index (χ1n) is 9.70.